The molecule has 6 nitrogen and oxygen atoms in total. The third kappa shape index (κ3) is 2.01. The molecule has 6 heteroatoms. The predicted octanol–water partition coefficient (Wildman–Crippen LogP) is 2.12. The maximum absolute atomic E-state index is 13.6. The van der Waals surface area contributed by atoms with E-state index < -0.39 is 23.0 Å². The maximum atomic E-state index is 13.6. The van der Waals surface area contributed by atoms with Crippen LogP contribution >= 0.6 is 0 Å². The van der Waals surface area contributed by atoms with E-state index in [0.29, 0.717) is 29.7 Å². The third-order valence-corrected chi connectivity index (χ3v) is 5.97. The molecule has 2 spiro atoms. The van der Waals surface area contributed by atoms with Gasteiger partial charge < -0.3 is 14.4 Å². The zero-order valence-electron chi connectivity index (χ0n) is 14.9. The molecule has 1 unspecified atom stereocenters. The fraction of sp³-hybridized carbons (Fsp3) is 0.450. The number of ether oxygens (including phenoxy) is 2. The fourth-order valence-electron chi connectivity index (χ4n) is 4.55. The Balaban J connectivity index is 1.83. The minimum atomic E-state index is -1.85. The van der Waals surface area contributed by atoms with Gasteiger partial charge >= 0.3 is 5.97 Å². The number of methoxy groups -OCH3 is 1. The molecule has 0 aromatic heterocycles. The number of likely N-dealkylation sites (tertiary alicyclic amines) is 1. The van der Waals surface area contributed by atoms with Gasteiger partial charge in [0.1, 0.15) is 11.3 Å². The summed E-state index contributed by atoms with van der Waals surface area (Å²) >= 11 is 0. The summed E-state index contributed by atoms with van der Waals surface area (Å²) in [5.41, 5.74) is -1.78. The van der Waals surface area contributed by atoms with E-state index in [1.807, 2.05) is 0 Å². The minimum absolute atomic E-state index is 0.301. The molecule has 1 atom stereocenters. The largest absolute Gasteiger partial charge is 0.497 e. The Labute approximate surface area is 151 Å². The first-order valence-corrected chi connectivity index (χ1v) is 8.88. The van der Waals surface area contributed by atoms with Gasteiger partial charge in [-0.2, -0.15) is 0 Å². The quantitative estimate of drug-likeness (QED) is 0.600. The Morgan fingerprint density at radius 2 is 1.69 bits per heavy atom. The van der Waals surface area contributed by atoms with Crippen molar-refractivity contribution in [3.63, 3.8) is 0 Å². The van der Waals surface area contributed by atoms with Crippen LogP contribution in [0.5, 0.6) is 5.75 Å². The molecule has 1 aromatic rings. The number of carbonyl (C=O) groups is 3. The summed E-state index contributed by atoms with van der Waals surface area (Å²) < 4.78 is 10.6. The van der Waals surface area contributed by atoms with Gasteiger partial charge in [-0.3, -0.25) is 9.59 Å². The van der Waals surface area contributed by atoms with Crippen molar-refractivity contribution in [3.8, 4) is 5.75 Å². The van der Waals surface area contributed by atoms with Crippen LogP contribution in [0, 0.1) is 0 Å². The van der Waals surface area contributed by atoms with Crippen LogP contribution in [-0.4, -0.2) is 47.9 Å². The van der Waals surface area contributed by atoms with Crippen LogP contribution in [0.2, 0.25) is 0 Å². The zero-order chi connectivity index (χ0) is 18.5. The van der Waals surface area contributed by atoms with Crippen molar-refractivity contribution in [2.45, 2.75) is 43.2 Å². The highest BCUT2D eigenvalue weighted by Gasteiger charge is 2.71. The molecule has 136 valence electrons. The van der Waals surface area contributed by atoms with Gasteiger partial charge in [-0.15, -0.1) is 0 Å². The van der Waals surface area contributed by atoms with Gasteiger partial charge in [0.05, 0.1) is 7.11 Å². The number of benzene rings is 1. The molecule has 3 aliphatic rings. The molecule has 2 aliphatic heterocycles. The Morgan fingerprint density at radius 1 is 1.04 bits per heavy atom. The highest BCUT2D eigenvalue weighted by Crippen LogP contribution is 2.51. The van der Waals surface area contributed by atoms with Crippen LogP contribution in [-0.2, 0) is 19.1 Å². The van der Waals surface area contributed by atoms with E-state index in [1.54, 1.807) is 38.4 Å². The Bertz CT molecular complexity index is 819. The van der Waals surface area contributed by atoms with E-state index in [1.165, 1.54) is 11.0 Å². The number of nitrogens with zero attached hydrogens (tertiary/aromatic N) is 1. The second-order valence-corrected chi connectivity index (χ2v) is 7.17. The van der Waals surface area contributed by atoms with Gasteiger partial charge in [0.15, 0.2) is 0 Å². The van der Waals surface area contributed by atoms with E-state index >= 15 is 0 Å². The van der Waals surface area contributed by atoms with Gasteiger partial charge in [0.25, 0.3) is 11.5 Å². The lowest BCUT2D eigenvalue weighted by Gasteiger charge is -2.37. The van der Waals surface area contributed by atoms with Crippen molar-refractivity contribution < 1.29 is 23.9 Å². The van der Waals surface area contributed by atoms with Crippen LogP contribution in [0.3, 0.4) is 0 Å². The summed E-state index contributed by atoms with van der Waals surface area (Å²) in [5, 5.41) is 0. The molecule has 0 bridgehead atoms. The van der Waals surface area contributed by atoms with Gasteiger partial charge in [-0.1, -0.05) is 31.4 Å². The highest BCUT2D eigenvalue weighted by molar-refractivity contribution is 6.31. The topological polar surface area (TPSA) is 72.9 Å². The van der Waals surface area contributed by atoms with Crippen molar-refractivity contribution in [1.29, 1.82) is 0 Å². The summed E-state index contributed by atoms with van der Waals surface area (Å²) in [7, 11) is 3.21. The average Bonchev–Trinajstić information content (AvgIpc) is 3.10. The van der Waals surface area contributed by atoms with E-state index in [9.17, 15) is 14.4 Å². The zero-order valence-corrected chi connectivity index (χ0v) is 14.9. The van der Waals surface area contributed by atoms with Crippen LogP contribution in [0.4, 0.5) is 0 Å². The monoisotopic (exact) mass is 355 g/mol. The number of hydrogen-bond donors (Lipinski definition) is 0. The second-order valence-electron chi connectivity index (χ2n) is 7.17. The first kappa shape index (κ1) is 16.8. The van der Waals surface area contributed by atoms with E-state index in [4.69, 9.17) is 9.47 Å². The molecule has 1 saturated heterocycles. The normalized spacial score (nSPS) is 27.2. The summed E-state index contributed by atoms with van der Waals surface area (Å²) in [4.78, 5) is 40.5. The third-order valence-electron chi connectivity index (χ3n) is 5.97. The molecule has 26 heavy (non-hydrogen) atoms. The number of Topliss-reactive ketones (excluding diaryl/α,β-unsaturated/α-hetero) is 1. The van der Waals surface area contributed by atoms with Crippen LogP contribution in [0.15, 0.2) is 30.3 Å². The lowest BCUT2D eigenvalue weighted by Crippen LogP contribution is -2.50. The Morgan fingerprint density at radius 3 is 2.31 bits per heavy atom. The lowest BCUT2D eigenvalue weighted by molar-refractivity contribution is -0.159. The number of amides is 1. The minimum Gasteiger partial charge on any atom is -0.497 e. The molecular formula is C20H21NO5. The number of likely N-dealkylation sites (N-methyl/N-ethyl adjacent to an activating group) is 1. The summed E-state index contributed by atoms with van der Waals surface area (Å²) in [6.07, 6.45) is 5.31. The predicted molar refractivity (Wildman–Crippen MR) is 93.4 cm³/mol. The molecule has 4 rings (SSSR count). The molecule has 2 fully saturated rings. The van der Waals surface area contributed by atoms with Gasteiger partial charge in [-0.05, 0) is 30.5 Å². The van der Waals surface area contributed by atoms with Crippen LogP contribution in [0.25, 0.3) is 5.57 Å². The molecular weight excluding hydrogens is 334 g/mol. The van der Waals surface area contributed by atoms with E-state index in [0.717, 1.165) is 19.3 Å². The SMILES string of the molecule is COc1ccc(C2=CC(=O)OC23C(=O)N(C)C2(CCCCC2)C3=O)cc1. The second kappa shape index (κ2) is 5.69. The van der Waals surface area contributed by atoms with Crippen molar-refractivity contribution >= 4 is 23.2 Å². The Hall–Kier alpha value is -2.63. The van der Waals surface area contributed by atoms with E-state index in [-0.39, 0.29) is 5.78 Å². The van der Waals surface area contributed by atoms with E-state index in [2.05, 4.69) is 0 Å². The molecule has 1 aromatic carbocycles. The molecule has 2 heterocycles. The number of ketones is 1. The van der Waals surface area contributed by atoms with Crippen molar-refractivity contribution in [1.82, 2.24) is 4.90 Å². The summed E-state index contributed by atoms with van der Waals surface area (Å²) in [6, 6.07) is 6.94. The van der Waals surface area contributed by atoms with Gasteiger partial charge in [-0.25, -0.2) is 4.79 Å². The van der Waals surface area contributed by atoms with Crippen molar-refractivity contribution in [3.05, 3.63) is 35.9 Å². The van der Waals surface area contributed by atoms with Crippen molar-refractivity contribution in [2.24, 2.45) is 0 Å². The highest BCUT2D eigenvalue weighted by atomic mass is 16.6. The number of hydrogen-bond acceptors (Lipinski definition) is 5. The summed E-state index contributed by atoms with van der Waals surface area (Å²) in [5.74, 6) is -0.750. The Kier molecular flexibility index (Phi) is 3.68. The number of esters is 1. The first-order chi connectivity index (χ1) is 12.5. The smallest absolute Gasteiger partial charge is 0.333 e. The molecule has 1 aliphatic carbocycles. The molecule has 1 amide bonds. The lowest BCUT2D eigenvalue weighted by atomic mass is 9.74. The van der Waals surface area contributed by atoms with Gasteiger partial charge in [0, 0.05) is 18.7 Å². The standard InChI is InChI=1S/C20H21NO5/c1-21-18(24)20(17(23)19(21)10-4-3-5-11-19)15(12-16(22)26-20)13-6-8-14(25-2)9-7-13/h6-9,12H,3-5,10-11H2,1-2H3. The first-order valence-electron chi connectivity index (χ1n) is 8.88. The molecule has 0 N–H and O–H groups in total. The maximum Gasteiger partial charge on any atom is 0.333 e. The summed E-state index contributed by atoms with van der Waals surface area (Å²) in [6.45, 7) is 0. The van der Waals surface area contributed by atoms with Crippen LogP contribution < -0.4 is 4.74 Å². The average molecular weight is 355 g/mol. The van der Waals surface area contributed by atoms with Crippen molar-refractivity contribution in [2.75, 3.05) is 14.2 Å². The number of rotatable bonds is 2. The number of carbonyl (C=O) groups excluding carboxylic acids is 3. The molecule has 1 saturated carbocycles. The molecule has 0 radical (unpaired) electrons. The fourth-order valence-corrected chi connectivity index (χ4v) is 4.55. The van der Waals surface area contributed by atoms with Gasteiger partial charge in [0.2, 0.25) is 5.78 Å². The van der Waals surface area contributed by atoms with Crippen LogP contribution in [0.1, 0.15) is 37.7 Å².